The highest BCUT2D eigenvalue weighted by Crippen LogP contribution is 2.26. The molecule has 0 saturated carbocycles. The molecule has 1 amide bonds. The molecule has 0 spiro atoms. The first-order valence-electron chi connectivity index (χ1n) is 7.02. The maximum absolute atomic E-state index is 13.1. The van der Waals surface area contributed by atoms with Crippen LogP contribution < -0.4 is 0 Å². The molecule has 3 heterocycles. The monoisotopic (exact) mass is 312 g/mol. The quantitative estimate of drug-likeness (QED) is 0.850. The van der Waals surface area contributed by atoms with Gasteiger partial charge in [-0.2, -0.15) is 5.10 Å². The second kappa shape index (κ2) is 5.94. The Morgan fingerprint density at radius 3 is 2.95 bits per heavy atom. The van der Waals surface area contributed by atoms with Crippen LogP contribution in [-0.2, 0) is 18.0 Å². The van der Waals surface area contributed by atoms with Gasteiger partial charge in [0.25, 0.3) is 0 Å². The third-order valence-electron chi connectivity index (χ3n) is 3.84. The molecule has 1 unspecified atom stereocenters. The number of halogens is 3. The molecule has 3 rings (SSSR count). The summed E-state index contributed by atoms with van der Waals surface area (Å²) in [7, 11) is 0. The second-order valence-electron chi connectivity index (χ2n) is 5.40. The van der Waals surface area contributed by atoms with E-state index in [4.69, 9.17) is 0 Å². The van der Waals surface area contributed by atoms with Crippen LogP contribution in [0.1, 0.15) is 24.2 Å². The lowest BCUT2D eigenvalue weighted by molar-refractivity contribution is -0.128. The number of amides is 1. The number of hydrogen-bond acceptors (Lipinski definition) is 3. The van der Waals surface area contributed by atoms with Gasteiger partial charge in [-0.1, -0.05) is 0 Å². The molecule has 2 aromatic rings. The molecule has 0 radical (unpaired) electrons. The highest BCUT2D eigenvalue weighted by atomic mass is 19.3. The van der Waals surface area contributed by atoms with Gasteiger partial charge in [-0.25, -0.2) is 22.7 Å². The predicted octanol–water partition coefficient (Wildman–Crippen LogP) is 2.20. The van der Waals surface area contributed by atoms with Crippen LogP contribution in [-0.4, -0.2) is 38.4 Å². The number of aromatic nitrogens is 3. The van der Waals surface area contributed by atoms with Gasteiger partial charge in [0.15, 0.2) is 5.65 Å². The first kappa shape index (κ1) is 14.8. The Bertz CT molecular complexity index is 688. The molecule has 118 valence electrons. The maximum atomic E-state index is 13.1. The summed E-state index contributed by atoms with van der Waals surface area (Å²) in [6.07, 6.45) is -1.05. The number of rotatable bonds is 5. The summed E-state index contributed by atoms with van der Waals surface area (Å²) in [6.45, 7) is -0.369. The zero-order chi connectivity index (χ0) is 15.7. The van der Waals surface area contributed by atoms with Crippen LogP contribution in [0.4, 0.5) is 13.2 Å². The molecule has 1 fully saturated rings. The van der Waals surface area contributed by atoms with Crippen molar-refractivity contribution in [3.63, 3.8) is 0 Å². The molecule has 1 aliphatic heterocycles. The van der Waals surface area contributed by atoms with E-state index in [1.165, 1.54) is 9.42 Å². The molecule has 1 saturated heterocycles. The minimum absolute atomic E-state index is 0.111. The van der Waals surface area contributed by atoms with Crippen molar-refractivity contribution in [2.24, 2.45) is 5.92 Å². The Morgan fingerprint density at radius 2 is 2.23 bits per heavy atom. The van der Waals surface area contributed by atoms with Crippen LogP contribution in [0.5, 0.6) is 0 Å². The Balaban J connectivity index is 1.82. The van der Waals surface area contributed by atoms with Crippen molar-refractivity contribution >= 4 is 11.6 Å². The van der Waals surface area contributed by atoms with E-state index in [2.05, 4.69) is 10.1 Å². The van der Waals surface area contributed by atoms with E-state index in [0.29, 0.717) is 11.3 Å². The van der Waals surface area contributed by atoms with E-state index in [0.717, 1.165) is 0 Å². The minimum atomic E-state index is -2.42. The smallest absolute Gasteiger partial charge is 0.239 e. The molecule has 5 nitrogen and oxygen atoms in total. The summed E-state index contributed by atoms with van der Waals surface area (Å²) in [5.41, 5.74) is 1.22. The molecule has 0 aromatic carbocycles. The third kappa shape index (κ3) is 2.77. The average Bonchev–Trinajstić information content (AvgIpc) is 3.00. The van der Waals surface area contributed by atoms with Crippen LogP contribution in [0.25, 0.3) is 5.65 Å². The zero-order valence-electron chi connectivity index (χ0n) is 11.8. The zero-order valence-corrected chi connectivity index (χ0v) is 11.8. The van der Waals surface area contributed by atoms with Crippen LogP contribution in [0.15, 0.2) is 18.3 Å². The van der Waals surface area contributed by atoms with E-state index in [9.17, 15) is 18.0 Å². The van der Waals surface area contributed by atoms with Gasteiger partial charge in [-0.15, -0.1) is 0 Å². The van der Waals surface area contributed by atoms with Gasteiger partial charge in [0.2, 0.25) is 12.3 Å². The number of carbonyl (C=O) groups excluding carboxylic acids is 1. The lowest BCUT2D eigenvalue weighted by Crippen LogP contribution is -2.26. The average molecular weight is 312 g/mol. The number of carbonyl (C=O) groups is 1. The van der Waals surface area contributed by atoms with Gasteiger partial charge in [0.05, 0.1) is 17.9 Å². The molecular formula is C14H15F3N4O. The highest BCUT2D eigenvalue weighted by Gasteiger charge is 2.32. The van der Waals surface area contributed by atoms with Crippen molar-refractivity contribution in [2.75, 3.05) is 6.54 Å². The first-order valence-corrected chi connectivity index (χ1v) is 7.02. The fourth-order valence-electron chi connectivity index (χ4n) is 2.84. The van der Waals surface area contributed by atoms with Gasteiger partial charge < -0.3 is 4.90 Å². The van der Waals surface area contributed by atoms with E-state index in [1.807, 2.05) is 0 Å². The summed E-state index contributed by atoms with van der Waals surface area (Å²) in [4.78, 5) is 17.6. The standard InChI is InChI=1S/C14H15F3N4O/c15-6-10-11(21-13(19-10)2-1-3-18-21)8-20-7-9(4-12(16)17)5-14(20)22/h1-3,9,12H,4-8H2. The predicted molar refractivity (Wildman–Crippen MR) is 71.9 cm³/mol. The van der Waals surface area contributed by atoms with Crippen LogP contribution in [0.2, 0.25) is 0 Å². The largest absolute Gasteiger partial charge is 0.336 e. The minimum Gasteiger partial charge on any atom is -0.336 e. The topological polar surface area (TPSA) is 50.5 Å². The number of imidazole rings is 1. The van der Waals surface area contributed by atoms with Gasteiger partial charge in [0, 0.05) is 25.6 Å². The maximum Gasteiger partial charge on any atom is 0.239 e. The summed E-state index contributed by atoms with van der Waals surface area (Å²) < 4.78 is 39.5. The number of nitrogens with zero attached hydrogens (tertiary/aromatic N) is 4. The van der Waals surface area contributed by atoms with Crippen molar-refractivity contribution in [3.8, 4) is 0 Å². The molecule has 0 bridgehead atoms. The van der Waals surface area contributed by atoms with Crippen molar-refractivity contribution in [1.29, 1.82) is 0 Å². The molecule has 1 aliphatic rings. The molecule has 0 N–H and O–H groups in total. The third-order valence-corrected chi connectivity index (χ3v) is 3.84. The van der Waals surface area contributed by atoms with Crippen molar-refractivity contribution in [1.82, 2.24) is 19.5 Å². The summed E-state index contributed by atoms with van der Waals surface area (Å²) >= 11 is 0. The number of hydrogen-bond donors (Lipinski definition) is 0. The number of likely N-dealkylation sites (tertiary alicyclic amines) is 1. The number of alkyl halides is 3. The number of fused-ring (bicyclic) bond motifs is 1. The van der Waals surface area contributed by atoms with Gasteiger partial charge >= 0.3 is 0 Å². The normalized spacial score (nSPS) is 18.8. The first-order chi connectivity index (χ1) is 10.6. The lowest BCUT2D eigenvalue weighted by atomic mass is 10.1. The van der Waals surface area contributed by atoms with Crippen LogP contribution in [0, 0.1) is 5.92 Å². The Labute approximate surface area is 124 Å². The lowest BCUT2D eigenvalue weighted by Gasteiger charge is -2.16. The van der Waals surface area contributed by atoms with Gasteiger partial charge in [0.1, 0.15) is 6.67 Å². The Kier molecular flexibility index (Phi) is 4.00. The van der Waals surface area contributed by atoms with Crippen molar-refractivity contribution < 1.29 is 18.0 Å². The van der Waals surface area contributed by atoms with E-state index < -0.39 is 13.1 Å². The highest BCUT2D eigenvalue weighted by molar-refractivity contribution is 5.78. The van der Waals surface area contributed by atoms with E-state index in [1.54, 1.807) is 18.3 Å². The second-order valence-corrected chi connectivity index (χ2v) is 5.40. The molecule has 2 aromatic heterocycles. The Hall–Kier alpha value is -2.12. The fourth-order valence-corrected chi connectivity index (χ4v) is 2.84. The van der Waals surface area contributed by atoms with Crippen LogP contribution in [0.3, 0.4) is 0 Å². The molecule has 0 aliphatic carbocycles. The summed E-state index contributed by atoms with van der Waals surface area (Å²) in [6, 6.07) is 3.38. The fraction of sp³-hybridized carbons (Fsp3) is 0.500. The van der Waals surface area contributed by atoms with Gasteiger partial charge in [-0.05, 0) is 18.1 Å². The summed E-state index contributed by atoms with van der Waals surface area (Å²) in [5, 5.41) is 4.11. The van der Waals surface area contributed by atoms with E-state index in [-0.39, 0.29) is 43.5 Å². The van der Waals surface area contributed by atoms with Crippen molar-refractivity contribution in [3.05, 3.63) is 29.7 Å². The summed E-state index contributed by atoms with van der Waals surface area (Å²) in [5.74, 6) is -0.546. The molecule has 22 heavy (non-hydrogen) atoms. The molecular weight excluding hydrogens is 297 g/mol. The SMILES string of the molecule is O=C1CC(CC(F)F)CN1Cc1c(CF)nc2cccnn12. The van der Waals surface area contributed by atoms with E-state index >= 15 is 0 Å². The van der Waals surface area contributed by atoms with Gasteiger partial charge in [-0.3, -0.25) is 4.79 Å². The Morgan fingerprint density at radius 1 is 1.41 bits per heavy atom. The van der Waals surface area contributed by atoms with Crippen LogP contribution >= 0.6 is 0 Å². The molecule has 8 heteroatoms. The molecule has 1 atom stereocenters. The van der Waals surface area contributed by atoms with Crippen molar-refractivity contribution in [2.45, 2.75) is 32.5 Å².